The Morgan fingerprint density at radius 2 is 1.75 bits per heavy atom. The van der Waals surface area contributed by atoms with Crippen LogP contribution in [-0.4, -0.2) is 17.0 Å². The van der Waals surface area contributed by atoms with Gasteiger partial charge in [0.15, 0.2) is 0 Å². The van der Waals surface area contributed by atoms with Crippen LogP contribution in [0.4, 0.5) is 11.6 Å². The normalized spacial score (nSPS) is 13.7. The van der Waals surface area contributed by atoms with E-state index in [0.717, 1.165) is 24.7 Å². The van der Waals surface area contributed by atoms with Gasteiger partial charge < -0.3 is 10.2 Å². The van der Waals surface area contributed by atoms with E-state index in [1.54, 1.807) is 6.33 Å². The molecule has 0 fully saturated rings. The van der Waals surface area contributed by atoms with E-state index in [1.807, 2.05) is 7.05 Å². The van der Waals surface area contributed by atoms with Crippen LogP contribution >= 0.6 is 0 Å². The number of nitrogens with one attached hydrogen (secondary N) is 1. The second-order valence-corrected chi connectivity index (χ2v) is 5.49. The van der Waals surface area contributed by atoms with Crippen molar-refractivity contribution < 1.29 is 0 Å². The van der Waals surface area contributed by atoms with E-state index in [9.17, 15) is 0 Å². The number of hydrogen-bond acceptors (Lipinski definition) is 4. The molecule has 0 saturated carbocycles. The van der Waals surface area contributed by atoms with Gasteiger partial charge in [0.2, 0.25) is 0 Å². The third-order valence-corrected chi connectivity index (χ3v) is 3.82. The summed E-state index contributed by atoms with van der Waals surface area (Å²) in [6.45, 7) is 6.23. The highest BCUT2D eigenvalue weighted by Crippen LogP contribution is 2.35. The van der Waals surface area contributed by atoms with Crippen LogP contribution in [-0.2, 0) is 13.1 Å². The largest absolute Gasteiger partial charge is 0.373 e. The summed E-state index contributed by atoms with van der Waals surface area (Å²) >= 11 is 0. The van der Waals surface area contributed by atoms with Gasteiger partial charge in [-0.3, -0.25) is 0 Å². The molecule has 0 radical (unpaired) electrons. The van der Waals surface area contributed by atoms with Crippen molar-refractivity contribution in [1.29, 1.82) is 0 Å². The van der Waals surface area contributed by atoms with Gasteiger partial charge >= 0.3 is 0 Å². The molecule has 4 heteroatoms. The molecule has 1 aliphatic heterocycles. The van der Waals surface area contributed by atoms with Crippen molar-refractivity contribution >= 4 is 11.6 Å². The smallest absolute Gasteiger partial charge is 0.138 e. The summed E-state index contributed by atoms with van der Waals surface area (Å²) in [5.41, 5.74) is 3.99. The first-order chi connectivity index (χ1) is 9.70. The molecular formula is C16H20N4. The predicted octanol–water partition coefficient (Wildman–Crippen LogP) is 3.16. The zero-order valence-corrected chi connectivity index (χ0v) is 12.2. The second-order valence-electron chi connectivity index (χ2n) is 5.49. The van der Waals surface area contributed by atoms with Crippen molar-refractivity contribution in [3.63, 3.8) is 0 Å². The van der Waals surface area contributed by atoms with Crippen LogP contribution in [0.2, 0.25) is 0 Å². The number of fused-ring (bicyclic) bond motifs is 1. The van der Waals surface area contributed by atoms with Gasteiger partial charge in [-0.25, -0.2) is 9.97 Å². The average molecular weight is 268 g/mol. The monoisotopic (exact) mass is 268 g/mol. The Morgan fingerprint density at radius 1 is 1.10 bits per heavy atom. The highest BCUT2D eigenvalue weighted by atomic mass is 15.2. The van der Waals surface area contributed by atoms with Crippen LogP contribution in [0.1, 0.15) is 36.5 Å². The summed E-state index contributed by atoms with van der Waals surface area (Å²) < 4.78 is 0. The molecule has 1 aromatic heterocycles. The van der Waals surface area contributed by atoms with Crippen molar-refractivity contribution in [3.8, 4) is 0 Å². The molecule has 1 N–H and O–H groups in total. The SMILES string of the molecule is CNc1ncnc(N2Cc3ccccc3C2)c1C(C)C. The molecule has 0 aliphatic carbocycles. The molecule has 4 nitrogen and oxygen atoms in total. The van der Waals surface area contributed by atoms with Crippen LogP contribution < -0.4 is 10.2 Å². The van der Waals surface area contributed by atoms with Crippen molar-refractivity contribution in [2.75, 3.05) is 17.3 Å². The number of nitrogens with zero attached hydrogens (tertiary/aromatic N) is 3. The van der Waals surface area contributed by atoms with Gasteiger partial charge in [-0.05, 0) is 17.0 Å². The van der Waals surface area contributed by atoms with E-state index in [4.69, 9.17) is 0 Å². The van der Waals surface area contributed by atoms with E-state index in [2.05, 4.69) is 58.3 Å². The Balaban J connectivity index is 2.00. The highest BCUT2D eigenvalue weighted by Gasteiger charge is 2.24. The van der Waals surface area contributed by atoms with Crippen molar-refractivity contribution in [2.24, 2.45) is 0 Å². The van der Waals surface area contributed by atoms with Gasteiger partial charge in [-0.1, -0.05) is 38.1 Å². The number of hydrogen-bond donors (Lipinski definition) is 1. The maximum atomic E-state index is 4.55. The maximum Gasteiger partial charge on any atom is 0.138 e. The standard InChI is InChI=1S/C16H20N4/c1-11(2)14-15(17-3)18-10-19-16(14)20-8-12-6-4-5-7-13(12)9-20/h4-7,10-11H,8-9H2,1-3H3,(H,17,18,19). The summed E-state index contributed by atoms with van der Waals surface area (Å²) in [5, 5.41) is 3.18. The minimum Gasteiger partial charge on any atom is -0.373 e. The zero-order chi connectivity index (χ0) is 14.1. The Kier molecular flexibility index (Phi) is 3.30. The summed E-state index contributed by atoms with van der Waals surface area (Å²) in [4.78, 5) is 11.2. The van der Waals surface area contributed by atoms with Crippen molar-refractivity contribution in [3.05, 3.63) is 47.3 Å². The molecule has 0 spiro atoms. The number of aromatic nitrogens is 2. The van der Waals surface area contributed by atoms with Crippen LogP contribution in [0.3, 0.4) is 0 Å². The zero-order valence-electron chi connectivity index (χ0n) is 12.2. The fraction of sp³-hybridized carbons (Fsp3) is 0.375. The predicted molar refractivity (Wildman–Crippen MR) is 82.0 cm³/mol. The fourth-order valence-corrected chi connectivity index (χ4v) is 2.85. The Morgan fingerprint density at radius 3 is 2.30 bits per heavy atom. The first-order valence-electron chi connectivity index (χ1n) is 7.05. The third kappa shape index (κ3) is 2.11. The lowest BCUT2D eigenvalue weighted by molar-refractivity contribution is 0.792. The Bertz CT molecular complexity index is 597. The molecule has 0 amide bonds. The Labute approximate surface area is 119 Å². The number of benzene rings is 1. The number of rotatable bonds is 3. The van der Waals surface area contributed by atoms with Gasteiger partial charge in [-0.2, -0.15) is 0 Å². The molecule has 20 heavy (non-hydrogen) atoms. The molecule has 0 saturated heterocycles. The topological polar surface area (TPSA) is 41.1 Å². The molecule has 0 unspecified atom stereocenters. The lowest BCUT2D eigenvalue weighted by Gasteiger charge is -2.23. The molecule has 0 atom stereocenters. The molecule has 3 rings (SSSR count). The number of anilines is 2. The quantitative estimate of drug-likeness (QED) is 0.928. The van der Waals surface area contributed by atoms with E-state index in [-0.39, 0.29) is 0 Å². The van der Waals surface area contributed by atoms with Gasteiger partial charge in [0.1, 0.15) is 18.0 Å². The molecule has 2 aromatic rings. The van der Waals surface area contributed by atoms with Crippen molar-refractivity contribution in [2.45, 2.75) is 32.9 Å². The molecule has 2 heterocycles. The van der Waals surface area contributed by atoms with Gasteiger partial charge in [-0.15, -0.1) is 0 Å². The third-order valence-electron chi connectivity index (χ3n) is 3.82. The van der Waals surface area contributed by atoms with E-state index in [1.165, 1.54) is 16.7 Å². The van der Waals surface area contributed by atoms with Crippen LogP contribution in [0, 0.1) is 0 Å². The van der Waals surface area contributed by atoms with Crippen LogP contribution in [0.5, 0.6) is 0 Å². The summed E-state index contributed by atoms with van der Waals surface area (Å²) in [7, 11) is 1.91. The van der Waals surface area contributed by atoms with Crippen LogP contribution in [0.25, 0.3) is 0 Å². The molecule has 0 bridgehead atoms. The van der Waals surface area contributed by atoms with Crippen molar-refractivity contribution in [1.82, 2.24) is 9.97 Å². The molecule has 104 valence electrons. The van der Waals surface area contributed by atoms with E-state index in [0.29, 0.717) is 5.92 Å². The highest BCUT2D eigenvalue weighted by molar-refractivity contribution is 5.61. The molecule has 1 aliphatic rings. The van der Waals surface area contributed by atoms with Gasteiger partial charge in [0, 0.05) is 25.7 Å². The minimum absolute atomic E-state index is 0.386. The first-order valence-corrected chi connectivity index (χ1v) is 7.05. The Hall–Kier alpha value is -2.10. The summed E-state index contributed by atoms with van der Waals surface area (Å²) in [6.07, 6.45) is 1.65. The second kappa shape index (κ2) is 5.12. The van der Waals surface area contributed by atoms with Crippen LogP contribution in [0.15, 0.2) is 30.6 Å². The summed E-state index contributed by atoms with van der Waals surface area (Å²) in [5.74, 6) is 2.37. The maximum absolute atomic E-state index is 4.55. The van der Waals surface area contributed by atoms with Gasteiger partial charge in [0.05, 0.1) is 0 Å². The first kappa shape index (κ1) is 12.9. The lowest BCUT2D eigenvalue weighted by Crippen LogP contribution is -2.19. The van der Waals surface area contributed by atoms with Gasteiger partial charge in [0.25, 0.3) is 0 Å². The summed E-state index contributed by atoms with van der Waals surface area (Å²) in [6, 6.07) is 8.60. The lowest BCUT2D eigenvalue weighted by atomic mass is 10.0. The average Bonchev–Trinajstić information content (AvgIpc) is 2.90. The molecular weight excluding hydrogens is 248 g/mol. The van der Waals surface area contributed by atoms with E-state index >= 15 is 0 Å². The van der Waals surface area contributed by atoms with E-state index < -0.39 is 0 Å². The minimum atomic E-state index is 0.386. The fourth-order valence-electron chi connectivity index (χ4n) is 2.85. The molecule has 1 aromatic carbocycles.